The van der Waals surface area contributed by atoms with Crippen LogP contribution < -0.4 is 5.32 Å². The molecule has 0 aliphatic rings. The lowest BCUT2D eigenvalue weighted by atomic mass is 10.2. The Labute approximate surface area is 144 Å². The number of ether oxygens (including phenoxy) is 1. The molecule has 1 N–H and O–H groups in total. The zero-order chi connectivity index (χ0) is 18.1. The molecule has 0 saturated carbocycles. The Morgan fingerprint density at radius 2 is 1.96 bits per heavy atom. The predicted molar refractivity (Wildman–Crippen MR) is 89.5 cm³/mol. The molecule has 0 atom stereocenters. The number of carbonyl (C=O) groups is 2. The van der Waals surface area contributed by atoms with Crippen LogP contribution in [-0.4, -0.2) is 53.5 Å². The van der Waals surface area contributed by atoms with Crippen LogP contribution in [0.25, 0.3) is 0 Å². The van der Waals surface area contributed by atoms with Crippen LogP contribution in [0.5, 0.6) is 0 Å². The first-order valence-corrected chi connectivity index (χ1v) is 7.70. The first-order valence-electron chi connectivity index (χ1n) is 7.70. The molecule has 0 aliphatic carbocycles. The van der Waals surface area contributed by atoms with Gasteiger partial charge >= 0.3 is 0 Å². The Kier molecular flexibility index (Phi) is 6.97. The average Bonchev–Trinajstić information content (AvgIpc) is 2.64. The number of aromatic nitrogens is 2. The molecule has 0 unspecified atom stereocenters. The van der Waals surface area contributed by atoms with Gasteiger partial charge in [0.15, 0.2) is 0 Å². The fourth-order valence-corrected chi connectivity index (χ4v) is 2.08. The van der Waals surface area contributed by atoms with E-state index in [2.05, 4.69) is 15.3 Å². The Morgan fingerprint density at radius 3 is 2.60 bits per heavy atom. The number of nitrogens with one attached hydrogen (secondary N) is 1. The Morgan fingerprint density at radius 1 is 1.20 bits per heavy atom. The van der Waals surface area contributed by atoms with E-state index in [0.717, 1.165) is 0 Å². The third kappa shape index (κ3) is 5.92. The molecule has 2 aromatic rings. The van der Waals surface area contributed by atoms with E-state index >= 15 is 0 Å². The van der Waals surface area contributed by atoms with Gasteiger partial charge in [0.1, 0.15) is 11.5 Å². The number of methoxy groups -OCH3 is 1. The summed E-state index contributed by atoms with van der Waals surface area (Å²) in [4.78, 5) is 33.8. The van der Waals surface area contributed by atoms with Crippen molar-refractivity contribution in [2.45, 2.75) is 6.42 Å². The van der Waals surface area contributed by atoms with Gasteiger partial charge in [-0.05, 0) is 24.3 Å². The number of carbonyl (C=O) groups excluding carboxylic acids is 2. The summed E-state index contributed by atoms with van der Waals surface area (Å²) in [6.45, 7) is 0.868. The number of halogens is 1. The molecule has 0 spiro atoms. The summed E-state index contributed by atoms with van der Waals surface area (Å²) >= 11 is 0. The van der Waals surface area contributed by atoms with Gasteiger partial charge in [-0.2, -0.15) is 0 Å². The molecule has 0 bridgehead atoms. The molecule has 1 aromatic carbocycles. The van der Waals surface area contributed by atoms with Gasteiger partial charge in [-0.1, -0.05) is 0 Å². The molecule has 2 amide bonds. The molecule has 0 aliphatic heterocycles. The molecule has 7 nitrogen and oxygen atoms in total. The van der Waals surface area contributed by atoms with E-state index in [-0.39, 0.29) is 36.3 Å². The minimum atomic E-state index is -0.377. The normalized spacial score (nSPS) is 10.3. The average molecular weight is 346 g/mol. The summed E-state index contributed by atoms with van der Waals surface area (Å²) < 4.78 is 17.9. The Hall–Kier alpha value is -2.87. The highest BCUT2D eigenvalue weighted by Gasteiger charge is 2.18. The molecule has 0 fully saturated rings. The third-order valence-corrected chi connectivity index (χ3v) is 3.37. The van der Waals surface area contributed by atoms with E-state index in [1.165, 1.54) is 54.9 Å². The standard InChI is InChI=1S/C17H19FN4O3/c1-25-11-10-22(17(24)15-12-19-7-8-20-15)9-6-16(23)21-14-4-2-13(18)3-5-14/h2-5,7-8,12H,6,9-11H2,1H3,(H,21,23). The summed E-state index contributed by atoms with van der Waals surface area (Å²) in [7, 11) is 1.53. The number of amides is 2. The summed E-state index contributed by atoms with van der Waals surface area (Å²) in [5, 5.41) is 2.66. The second-order valence-electron chi connectivity index (χ2n) is 5.18. The highest BCUT2D eigenvalue weighted by Crippen LogP contribution is 2.09. The van der Waals surface area contributed by atoms with Crippen molar-refractivity contribution in [1.82, 2.24) is 14.9 Å². The largest absolute Gasteiger partial charge is 0.383 e. The fraction of sp³-hybridized carbons (Fsp3) is 0.294. The number of anilines is 1. The third-order valence-electron chi connectivity index (χ3n) is 3.37. The van der Waals surface area contributed by atoms with Crippen molar-refractivity contribution >= 4 is 17.5 Å². The van der Waals surface area contributed by atoms with Crippen molar-refractivity contribution < 1.29 is 18.7 Å². The first kappa shape index (κ1) is 18.5. The van der Waals surface area contributed by atoms with Gasteiger partial charge in [0.2, 0.25) is 5.91 Å². The molecule has 0 saturated heterocycles. The summed E-state index contributed by atoms with van der Waals surface area (Å²) in [5.74, 6) is -0.973. The van der Waals surface area contributed by atoms with E-state index in [1.54, 1.807) is 0 Å². The highest BCUT2D eigenvalue weighted by atomic mass is 19.1. The minimum absolute atomic E-state index is 0.0904. The number of rotatable bonds is 8. The van der Waals surface area contributed by atoms with Crippen LogP contribution in [0.15, 0.2) is 42.9 Å². The van der Waals surface area contributed by atoms with Crippen LogP contribution in [0.2, 0.25) is 0 Å². The van der Waals surface area contributed by atoms with Crippen molar-refractivity contribution in [1.29, 1.82) is 0 Å². The summed E-state index contributed by atoms with van der Waals surface area (Å²) in [6.07, 6.45) is 4.38. The van der Waals surface area contributed by atoms with E-state index in [9.17, 15) is 14.0 Å². The lowest BCUT2D eigenvalue weighted by Gasteiger charge is -2.21. The summed E-state index contributed by atoms with van der Waals surface area (Å²) in [6, 6.07) is 5.47. The second-order valence-corrected chi connectivity index (χ2v) is 5.18. The van der Waals surface area contributed by atoms with E-state index < -0.39 is 0 Å². The van der Waals surface area contributed by atoms with Crippen molar-refractivity contribution in [2.75, 3.05) is 32.1 Å². The smallest absolute Gasteiger partial charge is 0.274 e. The molecule has 1 heterocycles. The zero-order valence-corrected chi connectivity index (χ0v) is 13.8. The maximum atomic E-state index is 12.9. The van der Waals surface area contributed by atoms with Crippen molar-refractivity contribution in [2.24, 2.45) is 0 Å². The van der Waals surface area contributed by atoms with Gasteiger partial charge in [0.25, 0.3) is 5.91 Å². The van der Waals surface area contributed by atoms with Crippen LogP contribution >= 0.6 is 0 Å². The molecule has 132 valence electrons. The number of nitrogens with zero attached hydrogens (tertiary/aromatic N) is 3. The minimum Gasteiger partial charge on any atom is -0.383 e. The molecular weight excluding hydrogens is 327 g/mol. The topological polar surface area (TPSA) is 84.4 Å². The monoisotopic (exact) mass is 346 g/mol. The van der Waals surface area contributed by atoms with E-state index in [0.29, 0.717) is 18.8 Å². The van der Waals surface area contributed by atoms with E-state index in [4.69, 9.17) is 4.74 Å². The summed E-state index contributed by atoms with van der Waals surface area (Å²) in [5.41, 5.74) is 0.702. The predicted octanol–water partition coefficient (Wildman–Crippen LogP) is 1.73. The number of benzene rings is 1. The quantitative estimate of drug-likeness (QED) is 0.787. The van der Waals surface area contributed by atoms with Gasteiger partial charge < -0.3 is 15.0 Å². The van der Waals surface area contributed by atoms with Gasteiger partial charge in [0, 0.05) is 44.7 Å². The van der Waals surface area contributed by atoms with Crippen LogP contribution in [0.4, 0.5) is 10.1 Å². The SMILES string of the molecule is COCCN(CCC(=O)Nc1ccc(F)cc1)C(=O)c1cnccn1. The van der Waals surface area contributed by atoms with Crippen LogP contribution in [-0.2, 0) is 9.53 Å². The van der Waals surface area contributed by atoms with Gasteiger partial charge in [-0.15, -0.1) is 0 Å². The van der Waals surface area contributed by atoms with Crippen molar-refractivity contribution in [3.8, 4) is 0 Å². The van der Waals surface area contributed by atoms with E-state index in [1.807, 2.05) is 0 Å². The highest BCUT2D eigenvalue weighted by molar-refractivity contribution is 5.93. The van der Waals surface area contributed by atoms with Crippen LogP contribution in [0.1, 0.15) is 16.9 Å². The first-order chi connectivity index (χ1) is 12.1. The fourth-order valence-electron chi connectivity index (χ4n) is 2.08. The molecule has 1 aromatic heterocycles. The van der Waals surface area contributed by atoms with Gasteiger partial charge in [0.05, 0.1) is 12.8 Å². The maximum Gasteiger partial charge on any atom is 0.274 e. The molecule has 2 rings (SSSR count). The maximum absolute atomic E-state index is 12.9. The Bertz CT molecular complexity index is 695. The van der Waals surface area contributed by atoms with Crippen LogP contribution in [0, 0.1) is 5.82 Å². The molecule has 25 heavy (non-hydrogen) atoms. The van der Waals surface area contributed by atoms with Crippen LogP contribution in [0.3, 0.4) is 0 Å². The number of hydrogen-bond donors (Lipinski definition) is 1. The lowest BCUT2D eigenvalue weighted by Crippen LogP contribution is -2.36. The molecule has 0 radical (unpaired) electrons. The lowest BCUT2D eigenvalue weighted by molar-refractivity contribution is -0.116. The zero-order valence-electron chi connectivity index (χ0n) is 13.8. The van der Waals surface area contributed by atoms with Gasteiger partial charge in [-0.3, -0.25) is 14.6 Å². The number of hydrogen-bond acceptors (Lipinski definition) is 5. The molecule has 8 heteroatoms. The van der Waals surface area contributed by atoms with Crippen molar-refractivity contribution in [3.63, 3.8) is 0 Å². The Balaban J connectivity index is 1.93. The second kappa shape index (κ2) is 9.43. The van der Waals surface area contributed by atoms with Gasteiger partial charge in [-0.25, -0.2) is 9.37 Å². The van der Waals surface area contributed by atoms with Crippen molar-refractivity contribution in [3.05, 3.63) is 54.4 Å². The molecular formula is C17H19FN4O3.